The molecule has 0 bridgehead atoms. The molecule has 0 fully saturated rings. The summed E-state index contributed by atoms with van der Waals surface area (Å²) in [6.45, 7) is 0. The quantitative estimate of drug-likeness (QED) is 0.347. The van der Waals surface area contributed by atoms with Gasteiger partial charge in [0.15, 0.2) is 11.6 Å². The third kappa shape index (κ3) is 4.52. The highest BCUT2D eigenvalue weighted by Crippen LogP contribution is 2.48. The number of nitrogens with zero attached hydrogens (tertiary/aromatic N) is 3. The largest absolute Gasteiger partial charge is 0.461 e. The van der Waals surface area contributed by atoms with E-state index in [1.807, 2.05) is 0 Å². The second-order valence-electron chi connectivity index (χ2n) is 13.9. The first-order chi connectivity index (χ1) is 23.3. The van der Waals surface area contributed by atoms with Crippen molar-refractivity contribution in [1.29, 1.82) is 0 Å². The number of rotatable bonds is 3. The van der Waals surface area contributed by atoms with Crippen LogP contribution >= 0.6 is 0 Å². The van der Waals surface area contributed by atoms with Gasteiger partial charge in [-0.05, 0) is 72.5 Å². The van der Waals surface area contributed by atoms with Crippen molar-refractivity contribution in [2.75, 3.05) is 0 Å². The molecule has 0 spiro atoms. The highest BCUT2D eigenvalue weighted by atomic mass is 16.3. The lowest BCUT2D eigenvalue weighted by Crippen LogP contribution is -2.25. The van der Waals surface area contributed by atoms with Crippen LogP contribution in [0.25, 0.3) is 23.3 Å². The van der Waals surface area contributed by atoms with E-state index in [0.29, 0.717) is 23.7 Å². The Morgan fingerprint density at radius 1 is 0.638 bits per heavy atom. The zero-order chi connectivity index (χ0) is 30.9. The van der Waals surface area contributed by atoms with Gasteiger partial charge < -0.3 is 4.42 Å². The zero-order valence-corrected chi connectivity index (χ0v) is 26.5. The van der Waals surface area contributed by atoms with Crippen molar-refractivity contribution in [3.63, 3.8) is 0 Å². The Morgan fingerprint density at radius 2 is 1.45 bits per heavy atom. The van der Waals surface area contributed by atoms with Gasteiger partial charge in [-0.1, -0.05) is 103 Å². The SMILES string of the molecule is C1=CC2C=CC(c3nc(C4=CC5=C(C=CC6C=CC7=C(C=CCC7)C56)CC4)nc(C4CC=Cc5oc6c(c54)C=CCC6)n3)=CC2C=C1. The highest BCUT2D eigenvalue weighted by molar-refractivity contribution is 5.75. The Balaban J connectivity index is 1.11. The number of aromatic nitrogens is 3. The van der Waals surface area contributed by atoms with Gasteiger partial charge in [-0.2, -0.15) is 0 Å². The van der Waals surface area contributed by atoms with E-state index < -0.39 is 0 Å². The van der Waals surface area contributed by atoms with Crippen LogP contribution in [0.3, 0.4) is 0 Å². The van der Waals surface area contributed by atoms with Crippen LogP contribution in [0.15, 0.2) is 124 Å². The summed E-state index contributed by atoms with van der Waals surface area (Å²) in [5.74, 6) is 5.97. The van der Waals surface area contributed by atoms with Crippen molar-refractivity contribution >= 4 is 23.3 Å². The third-order valence-electron chi connectivity index (χ3n) is 11.2. The summed E-state index contributed by atoms with van der Waals surface area (Å²) < 4.78 is 6.40. The molecule has 0 aromatic carbocycles. The Hall–Kier alpha value is -4.83. The highest BCUT2D eigenvalue weighted by Gasteiger charge is 2.35. The van der Waals surface area contributed by atoms with Gasteiger partial charge in [0.2, 0.25) is 0 Å². The van der Waals surface area contributed by atoms with Crippen molar-refractivity contribution < 1.29 is 4.42 Å². The lowest BCUT2D eigenvalue weighted by atomic mass is 9.67. The van der Waals surface area contributed by atoms with Crippen molar-refractivity contribution in [2.45, 2.75) is 50.9 Å². The average Bonchev–Trinajstić information content (AvgIpc) is 3.53. The number of aryl methyl sites for hydroxylation is 1. The molecule has 8 aliphatic rings. The minimum atomic E-state index is 0.0220. The maximum Gasteiger partial charge on any atom is 0.163 e. The molecule has 2 aromatic heterocycles. The van der Waals surface area contributed by atoms with Crippen molar-refractivity contribution in [3.8, 4) is 0 Å². The van der Waals surface area contributed by atoms with E-state index in [4.69, 9.17) is 19.4 Å². The molecule has 0 radical (unpaired) electrons. The predicted molar refractivity (Wildman–Crippen MR) is 189 cm³/mol. The van der Waals surface area contributed by atoms with E-state index in [0.717, 1.165) is 79.5 Å². The molecule has 4 nitrogen and oxygen atoms in total. The maximum atomic E-state index is 6.40. The van der Waals surface area contributed by atoms with Crippen LogP contribution < -0.4 is 0 Å². The molecule has 47 heavy (non-hydrogen) atoms. The number of allylic oxidation sites excluding steroid dienone is 22. The summed E-state index contributed by atoms with van der Waals surface area (Å²) in [7, 11) is 0. The topological polar surface area (TPSA) is 51.8 Å². The molecule has 0 amide bonds. The fourth-order valence-electron chi connectivity index (χ4n) is 8.82. The normalized spacial score (nSPS) is 29.1. The molecule has 0 N–H and O–H groups in total. The van der Waals surface area contributed by atoms with Crippen LogP contribution in [0.4, 0.5) is 0 Å². The van der Waals surface area contributed by atoms with Gasteiger partial charge in [-0.3, -0.25) is 0 Å². The van der Waals surface area contributed by atoms with E-state index in [9.17, 15) is 0 Å². The molecule has 5 unspecified atom stereocenters. The summed E-state index contributed by atoms with van der Waals surface area (Å²) in [5.41, 5.74) is 10.7. The summed E-state index contributed by atoms with van der Waals surface area (Å²) in [6.07, 6.45) is 48.4. The first kappa shape index (κ1) is 27.3. The van der Waals surface area contributed by atoms with E-state index >= 15 is 0 Å². The van der Waals surface area contributed by atoms with Gasteiger partial charge >= 0.3 is 0 Å². The molecule has 0 saturated heterocycles. The van der Waals surface area contributed by atoms with Gasteiger partial charge in [-0.25, -0.2) is 15.0 Å². The average molecular weight is 612 g/mol. The first-order valence-corrected chi connectivity index (χ1v) is 17.5. The molecule has 0 saturated carbocycles. The number of hydrogen-bond donors (Lipinski definition) is 0. The molecule has 2 heterocycles. The van der Waals surface area contributed by atoms with Crippen LogP contribution in [0.2, 0.25) is 0 Å². The van der Waals surface area contributed by atoms with Gasteiger partial charge in [0, 0.05) is 46.8 Å². The van der Waals surface area contributed by atoms with Crippen LogP contribution in [0.5, 0.6) is 0 Å². The minimum absolute atomic E-state index is 0.0220. The van der Waals surface area contributed by atoms with Crippen molar-refractivity contribution in [2.24, 2.45) is 23.7 Å². The Bertz CT molecular complexity index is 2090. The van der Waals surface area contributed by atoms with Crippen LogP contribution in [-0.2, 0) is 6.42 Å². The van der Waals surface area contributed by atoms with Gasteiger partial charge in [0.05, 0.1) is 5.92 Å². The number of fused-ring (bicyclic) bond motifs is 7. The predicted octanol–water partition coefficient (Wildman–Crippen LogP) is 9.78. The van der Waals surface area contributed by atoms with Gasteiger partial charge in [-0.15, -0.1) is 0 Å². The monoisotopic (exact) mass is 611 g/mol. The van der Waals surface area contributed by atoms with Crippen LogP contribution in [0, 0.1) is 23.7 Å². The standard InChI is InChI=1S/C43H37N3O/c1-2-10-30-24-31(22-16-26(30)8-1)41-44-42(46-43(45-41)35-13-7-15-38-40(35)34-12-5-6-14-37(34)47-38)32-23-19-28-18-21-29-20-17-27-9-3-4-11-33(27)39(29)36(28)25-32/h1-2,4-5,7-8,10-12,15-18,20-22,24-26,29-30,35,39H,3,6,9,13-14,19,23H2. The van der Waals surface area contributed by atoms with E-state index in [1.165, 1.54) is 39.0 Å². The Labute approximate surface area is 276 Å². The molecule has 2 aromatic rings. The van der Waals surface area contributed by atoms with Gasteiger partial charge in [0.25, 0.3) is 0 Å². The third-order valence-corrected chi connectivity index (χ3v) is 11.2. The summed E-state index contributed by atoms with van der Waals surface area (Å²) >= 11 is 0. The van der Waals surface area contributed by atoms with Gasteiger partial charge in [0.1, 0.15) is 17.3 Å². The summed E-state index contributed by atoms with van der Waals surface area (Å²) in [4.78, 5) is 15.9. The number of hydrogen-bond acceptors (Lipinski definition) is 4. The molecule has 5 atom stereocenters. The van der Waals surface area contributed by atoms with Crippen LogP contribution in [-0.4, -0.2) is 15.0 Å². The molecule has 4 heteroatoms. The zero-order valence-electron chi connectivity index (χ0n) is 26.5. The smallest absolute Gasteiger partial charge is 0.163 e. The molecule has 0 aliphatic heterocycles. The molecular weight excluding hydrogens is 574 g/mol. The first-order valence-electron chi connectivity index (χ1n) is 17.5. The van der Waals surface area contributed by atoms with E-state index in [-0.39, 0.29) is 5.92 Å². The fourth-order valence-corrected chi connectivity index (χ4v) is 8.82. The fraction of sp³-hybridized carbons (Fsp3) is 0.279. The summed E-state index contributed by atoms with van der Waals surface area (Å²) in [6, 6.07) is 0. The summed E-state index contributed by atoms with van der Waals surface area (Å²) in [5, 5.41) is 0. The molecule has 230 valence electrons. The van der Waals surface area contributed by atoms with Crippen molar-refractivity contribution in [1.82, 2.24) is 15.0 Å². The lowest BCUT2D eigenvalue weighted by Gasteiger charge is -2.37. The van der Waals surface area contributed by atoms with E-state index in [2.05, 4.69) is 109 Å². The molecule has 10 rings (SSSR count). The Kier molecular flexibility index (Phi) is 6.31. The Morgan fingerprint density at radius 3 is 2.38 bits per heavy atom. The lowest BCUT2D eigenvalue weighted by molar-refractivity contribution is 0.494. The maximum absolute atomic E-state index is 6.40. The minimum Gasteiger partial charge on any atom is -0.461 e. The molecular formula is C43H37N3O. The molecule has 8 aliphatic carbocycles. The second kappa shape index (κ2) is 10.9. The second-order valence-corrected chi connectivity index (χ2v) is 13.9. The van der Waals surface area contributed by atoms with E-state index in [1.54, 1.807) is 0 Å². The van der Waals surface area contributed by atoms with Crippen molar-refractivity contribution in [3.05, 3.63) is 160 Å². The van der Waals surface area contributed by atoms with Crippen LogP contribution in [0.1, 0.15) is 84.6 Å². The number of furan rings is 1.